The summed E-state index contributed by atoms with van der Waals surface area (Å²) in [4.78, 5) is 24.2. The van der Waals surface area contributed by atoms with Crippen molar-refractivity contribution in [3.63, 3.8) is 0 Å². The van der Waals surface area contributed by atoms with Gasteiger partial charge in [-0.05, 0) is 36.2 Å². The van der Waals surface area contributed by atoms with E-state index >= 15 is 0 Å². The van der Waals surface area contributed by atoms with E-state index in [9.17, 15) is 23.1 Å². The quantitative estimate of drug-likeness (QED) is 0.566. The van der Waals surface area contributed by atoms with Gasteiger partial charge in [0, 0.05) is 23.8 Å². The zero-order valence-electron chi connectivity index (χ0n) is 15.7. The Morgan fingerprint density at radius 1 is 1.07 bits per heavy atom. The first-order valence-electron chi connectivity index (χ1n) is 9.21. The molecule has 4 N–H and O–H groups in total. The fourth-order valence-corrected chi connectivity index (χ4v) is 4.72. The number of carbonyl (C=O) groups is 2. The molecule has 154 valence electrons. The van der Waals surface area contributed by atoms with Crippen LogP contribution in [0.2, 0.25) is 0 Å². The lowest BCUT2D eigenvalue weighted by molar-refractivity contribution is 0.0916. The number of aliphatic hydroxyl groups is 1. The Labute approximate surface area is 169 Å². The Hall–Kier alpha value is -2.91. The number of carbonyl (C=O) groups excluding carboxylic acids is 2. The van der Waals surface area contributed by atoms with Gasteiger partial charge in [0.05, 0.1) is 17.6 Å². The van der Waals surface area contributed by atoms with E-state index in [0.29, 0.717) is 23.2 Å². The largest absolute Gasteiger partial charge is 0.387 e. The van der Waals surface area contributed by atoms with Gasteiger partial charge in [-0.25, -0.2) is 13.2 Å². The summed E-state index contributed by atoms with van der Waals surface area (Å²) in [6.07, 6.45) is -0.395. The van der Waals surface area contributed by atoms with Crippen LogP contribution in [0.4, 0.5) is 10.5 Å². The predicted molar refractivity (Wildman–Crippen MR) is 109 cm³/mol. The maximum Gasteiger partial charge on any atom is 0.319 e. The minimum Gasteiger partial charge on any atom is -0.387 e. The molecule has 2 aromatic carbocycles. The SMILES string of the molecule is O=C(Nc1ccc(C(=O)NCC(O)c2ccccc2)cc1)NC1CCS(=O)(=O)C1. The molecule has 1 aliphatic rings. The number of aliphatic hydroxyl groups excluding tert-OH is 1. The van der Waals surface area contributed by atoms with Gasteiger partial charge < -0.3 is 21.1 Å². The molecule has 1 fully saturated rings. The van der Waals surface area contributed by atoms with Crippen LogP contribution in [0.3, 0.4) is 0 Å². The van der Waals surface area contributed by atoms with Crippen LogP contribution in [0.1, 0.15) is 28.4 Å². The van der Waals surface area contributed by atoms with Crippen molar-refractivity contribution in [2.24, 2.45) is 0 Å². The Morgan fingerprint density at radius 2 is 1.76 bits per heavy atom. The van der Waals surface area contributed by atoms with Gasteiger partial charge in [-0.2, -0.15) is 0 Å². The summed E-state index contributed by atoms with van der Waals surface area (Å²) in [7, 11) is -3.06. The van der Waals surface area contributed by atoms with E-state index in [1.165, 1.54) is 0 Å². The van der Waals surface area contributed by atoms with E-state index in [2.05, 4.69) is 16.0 Å². The molecule has 8 nitrogen and oxygen atoms in total. The number of amides is 3. The Kier molecular flexibility index (Phi) is 6.50. The number of nitrogens with one attached hydrogen (secondary N) is 3. The van der Waals surface area contributed by atoms with Gasteiger partial charge in [0.2, 0.25) is 0 Å². The highest BCUT2D eigenvalue weighted by Gasteiger charge is 2.28. The molecule has 0 spiro atoms. The summed E-state index contributed by atoms with van der Waals surface area (Å²) >= 11 is 0. The molecular weight excluding hydrogens is 394 g/mol. The number of sulfone groups is 1. The second-order valence-corrected chi connectivity index (χ2v) is 9.14. The molecule has 0 saturated carbocycles. The minimum atomic E-state index is -3.06. The summed E-state index contributed by atoms with van der Waals surface area (Å²) in [5.74, 6) is -0.304. The van der Waals surface area contributed by atoms with Crippen LogP contribution >= 0.6 is 0 Å². The number of rotatable bonds is 6. The third-order valence-corrected chi connectivity index (χ3v) is 6.38. The van der Waals surface area contributed by atoms with Crippen molar-refractivity contribution in [3.8, 4) is 0 Å². The van der Waals surface area contributed by atoms with E-state index in [4.69, 9.17) is 0 Å². The van der Waals surface area contributed by atoms with Gasteiger partial charge in [0.1, 0.15) is 0 Å². The molecular formula is C20H23N3O5S. The highest BCUT2D eigenvalue weighted by Crippen LogP contribution is 2.14. The zero-order valence-corrected chi connectivity index (χ0v) is 16.5. The maximum absolute atomic E-state index is 12.2. The monoisotopic (exact) mass is 417 g/mol. The number of benzene rings is 2. The fourth-order valence-electron chi connectivity index (χ4n) is 3.05. The number of anilines is 1. The molecule has 3 rings (SSSR count). The summed E-state index contributed by atoms with van der Waals surface area (Å²) in [6.45, 7) is 0.0789. The third-order valence-electron chi connectivity index (χ3n) is 4.61. The highest BCUT2D eigenvalue weighted by atomic mass is 32.2. The number of urea groups is 1. The van der Waals surface area contributed by atoms with Gasteiger partial charge in [-0.15, -0.1) is 0 Å². The molecule has 3 amide bonds. The van der Waals surface area contributed by atoms with Crippen molar-refractivity contribution in [1.29, 1.82) is 0 Å². The molecule has 29 heavy (non-hydrogen) atoms. The van der Waals surface area contributed by atoms with Crippen LogP contribution in [0.15, 0.2) is 54.6 Å². The van der Waals surface area contributed by atoms with Crippen LogP contribution in [0, 0.1) is 0 Å². The summed E-state index contributed by atoms with van der Waals surface area (Å²) in [6, 6.07) is 14.4. The number of hydrogen-bond acceptors (Lipinski definition) is 5. The average molecular weight is 417 g/mol. The van der Waals surface area contributed by atoms with E-state index in [1.807, 2.05) is 18.2 Å². The summed E-state index contributed by atoms with van der Waals surface area (Å²) < 4.78 is 22.9. The summed E-state index contributed by atoms with van der Waals surface area (Å²) in [5, 5.41) is 18.0. The van der Waals surface area contributed by atoms with E-state index in [0.717, 1.165) is 0 Å². The Morgan fingerprint density at radius 3 is 2.38 bits per heavy atom. The van der Waals surface area contributed by atoms with Crippen LogP contribution in [-0.2, 0) is 9.84 Å². The van der Waals surface area contributed by atoms with Gasteiger partial charge >= 0.3 is 6.03 Å². The predicted octanol–water partition coefficient (Wildman–Crippen LogP) is 1.46. The van der Waals surface area contributed by atoms with Crippen LogP contribution in [0.5, 0.6) is 0 Å². The molecule has 1 saturated heterocycles. The van der Waals surface area contributed by atoms with Crippen LogP contribution < -0.4 is 16.0 Å². The fraction of sp³-hybridized carbons (Fsp3) is 0.300. The first-order chi connectivity index (χ1) is 13.8. The lowest BCUT2D eigenvalue weighted by Gasteiger charge is -2.13. The lowest BCUT2D eigenvalue weighted by Crippen LogP contribution is -2.38. The second kappa shape index (κ2) is 9.06. The molecule has 2 unspecified atom stereocenters. The first-order valence-corrected chi connectivity index (χ1v) is 11.0. The van der Waals surface area contributed by atoms with Crippen molar-refractivity contribution in [2.45, 2.75) is 18.6 Å². The van der Waals surface area contributed by atoms with Gasteiger partial charge in [-0.3, -0.25) is 4.79 Å². The standard InChI is InChI=1S/C20H23N3O5S/c24-18(14-4-2-1-3-5-14)12-21-19(25)15-6-8-16(9-7-15)22-20(26)23-17-10-11-29(27,28)13-17/h1-9,17-18,24H,10-13H2,(H,21,25)(H2,22,23,26). The molecule has 9 heteroatoms. The van der Waals surface area contributed by atoms with Crippen molar-refractivity contribution >= 4 is 27.5 Å². The first kappa shape index (κ1) is 20.8. The van der Waals surface area contributed by atoms with Crippen molar-refractivity contribution in [1.82, 2.24) is 10.6 Å². The molecule has 1 heterocycles. The van der Waals surface area contributed by atoms with Crippen molar-refractivity contribution in [2.75, 3.05) is 23.4 Å². The molecule has 0 bridgehead atoms. The maximum atomic E-state index is 12.2. The van der Waals surface area contributed by atoms with Crippen LogP contribution in [-0.4, -0.2) is 49.6 Å². The molecule has 2 aromatic rings. The topological polar surface area (TPSA) is 125 Å². The van der Waals surface area contributed by atoms with Gasteiger partial charge in [-0.1, -0.05) is 30.3 Å². The van der Waals surface area contributed by atoms with E-state index < -0.39 is 22.0 Å². The minimum absolute atomic E-state index is 0.0473. The molecule has 0 aliphatic carbocycles. The van der Waals surface area contributed by atoms with E-state index in [1.54, 1.807) is 36.4 Å². The Bertz CT molecular complexity index is 961. The number of hydrogen-bond donors (Lipinski definition) is 4. The molecule has 0 aromatic heterocycles. The van der Waals surface area contributed by atoms with Crippen molar-refractivity contribution < 1.29 is 23.1 Å². The van der Waals surface area contributed by atoms with Gasteiger partial charge in [0.25, 0.3) is 5.91 Å². The second-order valence-electron chi connectivity index (χ2n) is 6.91. The Balaban J connectivity index is 1.47. The van der Waals surface area contributed by atoms with Crippen LogP contribution in [0.25, 0.3) is 0 Å². The molecule has 2 atom stereocenters. The summed E-state index contributed by atoms with van der Waals surface area (Å²) in [5.41, 5.74) is 1.58. The molecule has 0 radical (unpaired) electrons. The normalized spacial score (nSPS) is 18.6. The van der Waals surface area contributed by atoms with Crippen molar-refractivity contribution in [3.05, 3.63) is 65.7 Å². The average Bonchev–Trinajstić information content (AvgIpc) is 3.05. The van der Waals surface area contributed by atoms with Gasteiger partial charge in [0.15, 0.2) is 9.84 Å². The third kappa shape index (κ3) is 6.03. The van der Waals surface area contributed by atoms with E-state index in [-0.39, 0.29) is 30.0 Å². The smallest absolute Gasteiger partial charge is 0.319 e. The zero-order chi connectivity index (χ0) is 20.9. The highest BCUT2D eigenvalue weighted by molar-refractivity contribution is 7.91. The molecule has 1 aliphatic heterocycles. The lowest BCUT2D eigenvalue weighted by atomic mass is 10.1.